The van der Waals surface area contributed by atoms with Gasteiger partial charge in [0.1, 0.15) is 5.82 Å². The molecule has 1 aromatic heterocycles. The molecule has 0 spiro atoms. The molecule has 0 saturated carbocycles. The van der Waals surface area contributed by atoms with Crippen molar-refractivity contribution in [2.24, 2.45) is 0 Å². The molecule has 2 aromatic rings. The number of nitrogens with zero attached hydrogens (tertiary/aromatic N) is 2. The van der Waals surface area contributed by atoms with E-state index in [2.05, 4.69) is 15.3 Å². The number of carbonyl (C=O) groups is 1. The summed E-state index contributed by atoms with van der Waals surface area (Å²) >= 11 is 0. The maximum absolute atomic E-state index is 11.6. The fourth-order valence-corrected chi connectivity index (χ4v) is 1.55. The van der Waals surface area contributed by atoms with Gasteiger partial charge in [-0.3, -0.25) is 4.79 Å². The van der Waals surface area contributed by atoms with Crippen LogP contribution in [0.3, 0.4) is 0 Å². The van der Waals surface area contributed by atoms with Crippen molar-refractivity contribution in [3.63, 3.8) is 0 Å². The van der Waals surface area contributed by atoms with E-state index in [9.17, 15) is 4.79 Å². The van der Waals surface area contributed by atoms with Gasteiger partial charge in [-0.1, -0.05) is 30.3 Å². The summed E-state index contributed by atoms with van der Waals surface area (Å²) < 4.78 is 0. The van der Waals surface area contributed by atoms with E-state index in [1.807, 2.05) is 37.3 Å². The Labute approximate surface area is 105 Å². The Morgan fingerprint density at radius 1 is 1.33 bits per heavy atom. The van der Waals surface area contributed by atoms with Crippen molar-refractivity contribution < 1.29 is 4.79 Å². The summed E-state index contributed by atoms with van der Waals surface area (Å²) in [6, 6.07) is 9.48. The molecule has 5 heteroatoms. The van der Waals surface area contributed by atoms with Crippen molar-refractivity contribution in [2.45, 2.75) is 6.92 Å². The zero-order valence-corrected chi connectivity index (χ0v) is 10.1. The third-order valence-electron chi connectivity index (χ3n) is 2.43. The lowest BCUT2D eigenvalue weighted by molar-refractivity contribution is 0.0956. The standard InChI is InChI=1S/C13H14N4O/c1-2-15-13(18)10-8-16-12(17-11(10)14)9-6-4-3-5-7-9/h3-8H,2H2,1H3,(H,15,18)(H2,14,16,17). The minimum atomic E-state index is -0.255. The highest BCUT2D eigenvalue weighted by Crippen LogP contribution is 2.16. The van der Waals surface area contributed by atoms with Crippen molar-refractivity contribution in [1.29, 1.82) is 0 Å². The van der Waals surface area contributed by atoms with Crippen molar-refractivity contribution in [2.75, 3.05) is 12.3 Å². The summed E-state index contributed by atoms with van der Waals surface area (Å²) in [5.41, 5.74) is 6.95. The molecule has 0 atom stereocenters. The smallest absolute Gasteiger partial charge is 0.256 e. The number of nitrogens with two attached hydrogens (primary N) is 1. The number of aromatic nitrogens is 2. The van der Waals surface area contributed by atoms with Gasteiger partial charge in [0.2, 0.25) is 0 Å². The average molecular weight is 242 g/mol. The van der Waals surface area contributed by atoms with Crippen LogP contribution in [-0.2, 0) is 0 Å². The Hall–Kier alpha value is -2.43. The minimum absolute atomic E-state index is 0.190. The molecule has 18 heavy (non-hydrogen) atoms. The van der Waals surface area contributed by atoms with Crippen LogP contribution in [0, 0.1) is 0 Å². The Bertz CT molecular complexity index is 554. The maximum Gasteiger partial charge on any atom is 0.256 e. The zero-order chi connectivity index (χ0) is 13.0. The second-order valence-electron chi connectivity index (χ2n) is 3.72. The van der Waals surface area contributed by atoms with E-state index in [1.54, 1.807) is 0 Å². The third-order valence-corrected chi connectivity index (χ3v) is 2.43. The average Bonchev–Trinajstić information content (AvgIpc) is 2.40. The molecule has 3 N–H and O–H groups in total. The Morgan fingerprint density at radius 3 is 2.67 bits per heavy atom. The fourth-order valence-electron chi connectivity index (χ4n) is 1.55. The summed E-state index contributed by atoms with van der Waals surface area (Å²) in [5, 5.41) is 2.66. The number of carbonyl (C=O) groups excluding carboxylic acids is 1. The fraction of sp³-hybridized carbons (Fsp3) is 0.154. The first-order valence-corrected chi connectivity index (χ1v) is 5.68. The van der Waals surface area contributed by atoms with Gasteiger partial charge < -0.3 is 11.1 Å². The van der Waals surface area contributed by atoms with Gasteiger partial charge >= 0.3 is 0 Å². The van der Waals surface area contributed by atoms with Gasteiger partial charge in [0.25, 0.3) is 5.91 Å². The Morgan fingerprint density at radius 2 is 2.06 bits per heavy atom. The number of nitrogen functional groups attached to an aromatic ring is 1. The normalized spacial score (nSPS) is 10.1. The molecule has 1 heterocycles. The SMILES string of the molecule is CCNC(=O)c1cnc(-c2ccccc2)nc1N. The van der Waals surface area contributed by atoms with E-state index in [-0.39, 0.29) is 11.7 Å². The number of hydrogen-bond donors (Lipinski definition) is 2. The van der Waals surface area contributed by atoms with Crippen LogP contribution >= 0.6 is 0 Å². The molecule has 2 rings (SSSR count). The van der Waals surface area contributed by atoms with Crippen molar-refractivity contribution >= 4 is 11.7 Å². The topological polar surface area (TPSA) is 80.9 Å². The van der Waals surface area contributed by atoms with Crippen LogP contribution in [0.5, 0.6) is 0 Å². The minimum Gasteiger partial charge on any atom is -0.383 e. The lowest BCUT2D eigenvalue weighted by Crippen LogP contribution is -2.24. The van der Waals surface area contributed by atoms with Crippen molar-refractivity contribution in [3.05, 3.63) is 42.1 Å². The molecule has 0 saturated heterocycles. The van der Waals surface area contributed by atoms with Gasteiger partial charge in [-0.25, -0.2) is 9.97 Å². The van der Waals surface area contributed by atoms with Crippen molar-refractivity contribution in [3.8, 4) is 11.4 Å². The molecule has 1 amide bonds. The van der Waals surface area contributed by atoms with Crippen LogP contribution in [0.1, 0.15) is 17.3 Å². The molecule has 0 unspecified atom stereocenters. The van der Waals surface area contributed by atoms with Crippen LogP contribution in [0.4, 0.5) is 5.82 Å². The van der Waals surface area contributed by atoms with Crippen LogP contribution in [0.2, 0.25) is 0 Å². The van der Waals surface area contributed by atoms with Gasteiger partial charge in [0.15, 0.2) is 5.82 Å². The van der Waals surface area contributed by atoms with E-state index in [0.717, 1.165) is 5.56 Å². The lowest BCUT2D eigenvalue weighted by Gasteiger charge is -2.06. The van der Waals surface area contributed by atoms with Gasteiger partial charge in [0, 0.05) is 18.3 Å². The first-order chi connectivity index (χ1) is 8.72. The predicted octanol–water partition coefficient (Wildman–Crippen LogP) is 1.48. The quantitative estimate of drug-likeness (QED) is 0.854. The van der Waals surface area contributed by atoms with Crippen LogP contribution in [0.25, 0.3) is 11.4 Å². The number of anilines is 1. The number of benzene rings is 1. The number of rotatable bonds is 3. The largest absolute Gasteiger partial charge is 0.383 e. The highest BCUT2D eigenvalue weighted by molar-refractivity contribution is 5.98. The summed E-state index contributed by atoms with van der Waals surface area (Å²) in [4.78, 5) is 20.0. The van der Waals surface area contributed by atoms with E-state index in [0.29, 0.717) is 17.9 Å². The molecular formula is C13H14N4O. The first-order valence-electron chi connectivity index (χ1n) is 5.68. The number of nitrogens with one attached hydrogen (secondary N) is 1. The van der Waals surface area contributed by atoms with E-state index >= 15 is 0 Å². The maximum atomic E-state index is 11.6. The molecule has 0 aliphatic rings. The van der Waals surface area contributed by atoms with E-state index in [4.69, 9.17) is 5.73 Å². The van der Waals surface area contributed by atoms with E-state index < -0.39 is 0 Å². The van der Waals surface area contributed by atoms with Crippen LogP contribution in [0.15, 0.2) is 36.5 Å². The second kappa shape index (κ2) is 5.27. The Balaban J connectivity index is 2.34. The summed E-state index contributed by atoms with van der Waals surface area (Å²) in [6.07, 6.45) is 1.45. The summed E-state index contributed by atoms with van der Waals surface area (Å²) in [6.45, 7) is 2.38. The third kappa shape index (κ3) is 2.45. The van der Waals surface area contributed by atoms with Crippen LogP contribution < -0.4 is 11.1 Å². The van der Waals surface area contributed by atoms with Gasteiger partial charge in [0.05, 0.1) is 5.56 Å². The highest BCUT2D eigenvalue weighted by atomic mass is 16.1. The number of hydrogen-bond acceptors (Lipinski definition) is 4. The molecule has 5 nitrogen and oxygen atoms in total. The molecule has 0 radical (unpaired) electrons. The molecule has 0 bridgehead atoms. The molecule has 0 aliphatic carbocycles. The summed E-state index contributed by atoms with van der Waals surface area (Å²) in [5.74, 6) is 0.450. The van der Waals surface area contributed by atoms with Gasteiger partial charge in [-0.15, -0.1) is 0 Å². The summed E-state index contributed by atoms with van der Waals surface area (Å²) in [7, 11) is 0. The second-order valence-corrected chi connectivity index (χ2v) is 3.72. The number of amides is 1. The predicted molar refractivity (Wildman–Crippen MR) is 69.9 cm³/mol. The van der Waals surface area contributed by atoms with E-state index in [1.165, 1.54) is 6.20 Å². The molecule has 1 aromatic carbocycles. The monoisotopic (exact) mass is 242 g/mol. The first kappa shape index (κ1) is 12.0. The highest BCUT2D eigenvalue weighted by Gasteiger charge is 2.12. The molecule has 0 aliphatic heterocycles. The molecule has 92 valence electrons. The van der Waals surface area contributed by atoms with Crippen LogP contribution in [-0.4, -0.2) is 22.4 Å². The molecular weight excluding hydrogens is 228 g/mol. The zero-order valence-electron chi connectivity index (χ0n) is 10.1. The van der Waals surface area contributed by atoms with Crippen molar-refractivity contribution in [1.82, 2.24) is 15.3 Å². The molecule has 0 fully saturated rings. The van der Waals surface area contributed by atoms with Gasteiger partial charge in [-0.05, 0) is 6.92 Å². The lowest BCUT2D eigenvalue weighted by atomic mass is 10.2. The van der Waals surface area contributed by atoms with Gasteiger partial charge in [-0.2, -0.15) is 0 Å². The Kier molecular flexibility index (Phi) is 3.52.